The van der Waals surface area contributed by atoms with Crippen LogP contribution in [0.15, 0.2) is 29.2 Å². The minimum Gasteiger partial charge on any atom is -0.434 e. The maximum Gasteiger partial charge on any atom is 0.472 e. The summed E-state index contributed by atoms with van der Waals surface area (Å²) in [5.74, 6) is -0.588. The third-order valence-electron chi connectivity index (χ3n) is 5.83. The Balaban J connectivity index is 0.00000481. The molecule has 1 amide bonds. The number of phosphoric acid groups is 1. The highest BCUT2D eigenvalue weighted by Gasteiger charge is 2.47. The highest BCUT2D eigenvalue weighted by molar-refractivity contribution is 7.89. The van der Waals surface area contributed by atoms with Crippen LogP contribution in [0.5, 0.6) is 0 Å². The number of sulfonamides is 1. The number of likely N-dealkylation sites (tertiary alicyclic amines) is 1. The van der Waals surface area contributed by atoms with Gasteiger partial charge in [0.05, 0.1) is 17.1 Å². The number of rotatable bonds is 7. The topological polar surface area (TPSA) is 168 Å². The van der Waals surface area contributed by atoms with E-state index in [1.54, 1.807) is 0 Å². The van der Waals surface area contributed by atoms with Crippen molar-refractivity contribution < 1.29 is 58.8 Å². The van der Waals surface area contributed by atoms with E-state index in [-0.39, 0.29) is 56.7 Å². The van der Waals surface area contributed by atoms with Crippen molar-refractivity contribution in [2.24, 2.45) is 0 Å². The average molecular weight is 582 g/mol. The van der Waals surface area contributed by atoms with E-state index in [0.29, 0.717) is 0 Å². The Labute approximate surface area is 210 Å². The first-order chi connectivity index (χ1) is 16.7. The first kappa shape index (κ1) is 31.4. The Morgan fingerprint density at radius 1 is 1.22 bits per heavy atom. The van der Waals surface area contributed by atoms with Crippen LogP contribution in [0, 0.1) is 5.82 Å². The number of piperidine rings is 1. The first-order valence-corrected chi connectivity index (χ1v) is 13.6. The summed E-state index contributed by atoms with van der Waals surface area (Å²) >= 11 is 0. The van der Waals surface area contributed by atoms with E-state index in [1.165, 1.54) is 4.31 Å². The third-order valence-corrected chi connectivity index (χ3v) is 8.62. The summed E-state index contributed by atoms with van der Waals surface area (Å²) < 4.78 is 110. The molecule has 2 aliphatic rings. The molecule has 1 aromatic rings. The lowest BCUT2D eigenvalue weighted by atomic mass is 9.90. The van der Waals surface area contributed by atoms with Gasteiger partial charge in [0.1, 0.15) is 12.4 Å². The standard InChI is InChI=1S/C19H25F4N2O9PS.H3N/c1-31-35(27,28)33-12-16(19(21,22)23)34-17(26)24-8-6-18(7-9-24)13-25(10-11-32-18)36(29,30)15-4-2-14(20)3-5-15;/h2-5,16H,6-13H2,1H3,(H,27,28);1H3/p+1/t16-;/m1./s1. The molecule has 1 spiro atoms. The molecule has 0 aromatic heterocycles. The summed E-state index contributed by atoms with van der Waals surface area (Å²) in [4.78, 5) is 22.4. The van der Waals surface area contributed by atoms with Crippen molar-refractivity contribution in [3.05, 3.63) is 30.1 Å². The highest BCUT2D eigenvalue weighted by atomic mass is 32.2. The van der Waals surface area contributed by atoms with Crippen LogP contribution in [-0.4, -0.2) is 93.0 Å². The van der Waals surface area contributed by atoms with Gasteiger partial charge in [-0.2, -0.15) is 17.5 Å². The lowest BCUT2D eigenvalue weighted by Crippen LogP contribution is -2.58. The Morgan fingerprint density at radius 3 is 2.35 bits per heavy atom. The fourth-order valence-electron chi connectivity index (χ4n) is 3.78. The van der Waals surface area contributed by atoms with Gasteiger partial charge in [0.25, 0.3) is 0 Å². The Bertz CT molecular complexity index is 1080. The summed E-state index contributed by atoms with van der Waals surface area (Å²) in [5, 5.41) is 0. The molecule has 37 heavy (non-hydrogen) atoms. The molecule has 3 rings (SSSR count). The molecule has 2 aliphatic heterocycles. The second-order valence-corrected chi connectivity index (χ2v) is 11.7. The van der Waals surface area contributed by atoms with E-state index in [1.807, 2.05) is 0 Å². The molecule has 2 atom stereocenters. The molecular weight excluding hydrogens is 553 g/mol. The van der Waals surface area contributed by atoms with Crippen molar-refractivity contribution in [3.63, 3.8) is 0 Å². The van der Waals surface area contributed by atoms with Crippen molar-refractivity contribution >= 4 is 23.9 Å². The average Bonchev–Trinajstić information content (AvgIpc) is 2.81. The minimum absolute atomic E-state index is 0. The number of morpholine rings is 1. The summed E-state index contributed by atoms with van der Waals surface area (Å²) in [5.41, 5.74) is -0.976. The molecule has 12 nitrogen and oxygen atoms in total. The molecule has 2 saturated heterocycles. The van der Waals surface area contributed by atoms with Gasteiger partial charge in [0.15, 0.2) is 0 Å². The van der Waals surface area contributed by atoms with Crippen LogP contribution >= 0.6 is 7.82 Å². The number of benzene rings is 1. The van der Waals surface area contributed by atoms with Crippen molar-refractivity contribution in [1.82, 2.24) is 15.4 Å². The number of ether oxygens (including phenoxy) is 2. The van der Waals surface area contributed by atoms with Gasteiger partial charge in [-0.15, -0.1) is 0 Å². The SMILES string of the molecule is COP(=O)(O)OC[C@@H](OC(=O)N1CCC2(CC1)CN(S(=O)(=O)c1ccc(F)cc1)CCO2)C(F)(F)F.[NH4+]. The van der Waals surface area contributed by atoms with E-state index >= 15 is 0 Å². The second kappa shape index (κ2) is 11.9. The van der Waals surface area contributed by atoms with Gasteiger partial charge in [-0.3, -0.25) is 9.05 Å². The molecule has 0 radical (unpaired) electrons. The van der Waals surface area contributed by atoms with Gasteiger partial charge >= 0.3 is 20.1 Å². The van der Waals surface area contributed by atoms with Crippen LogP contribution in [0.4, 0.5) is 22.4 Å². The smallest absolute Gasteiger partial charge is 0.434 e. The zero-order valence-corrected chi connectivity index (χ0v) is 21.7. The van der Waals surface area contributed by atoms with Gasteiger partial charge in [-0.1, -0.05) is 0 Å². The van der Waals surface area contributed by atoms with E-state index < -0.39 is 54.2 Å². The van der Waals surface area contributed by atoms with Gasteiger partial charge in [-0.25, -0.2) is 22.2 Å². The summed E-state index contributed by atoms with van der Waals surface area (Å²) in [7, 11) is -7.92. The molecule has 212 valence electrons. The number of nitrogens with zero attached hydrogens (tertiary/aromatic N) is 2. The number of carbonyl (C=O) groups excluding carboxylic acids is 1. The molecule has 0 saturated carbocycles. The van der Waals surface area contributed by atoms with Gasteiger partial charge in [0, 0.05) is 33.3 Å². The Morgan fingerprint density at radius 2 is 1.81 bits per heavy atom. The fourth-order valence-corrected chi connectivity index (χ4v) is 5.70. The lowest BCUT2D eigenvalue weighted by Gasteiger charge is -2.46. The maximum atomic E-state index is 13.2. The number of hydrogen-bond donors (Lipinski definition) is 2. The highest BCUT2D eigenvalue weighted by Crippen LogP contribution is 2.43. The minimum atomic E-state index is -5.08. The molecular formula is C19H29F4N3O9PS+. The third kappa shape index (κ3) is 7.83. The summed E-state index contributed by atoms with van der Waals surface area (Å²) in [6.07, 6.45) is -9.01. The molecule has 1 unspecified atom stereocenters. The zero-order valence-electron chi connectivity index (χ0n) is 20.0. The number of quaternary nitrogens is 1. The predicted octanol–water partition coefficient (Wildman–Crippen LogP) is 2.89. The summed E-state index contributed by atoms with van der Waals surface area (Å²) in [6.45, 7) is -1.59. The zero-order chi connectivity index (χ0) is 26.8. The molecule has 5 N–H and O–H groups in total. The molecule has 0 bridgehead atoms. The number of hydrogen-bond acceptors (Lipinski definition) is 8. The molecule has 1 aromatic carbocycles. The number of carbonyl (C=O) groups is 1. The second-order valence-electron chi connectivity index (χ2n) is 8.17. The number of amides is 1. The Kier molecular flexibility index (Phi) is 10.1. The molecule has 0 aliphatic carbocycles. The predicted molar refractivity (Wildman–Crippen MR) is 120 cm³/mol. The first-order valence-electron chi connectivity index (χ1n) is 10.6. The Hall–Kier alpha value is -1.85. The molecule has 18 heteroatoms. The van der Waals surface area contributed by atoms with Crippen LogP contribution in [0.1, 0.15) is 12.8 Å². The number of alkyl halides is 3. The molecule has 2 fully saturated rings. The van der Waals surface area contributed by atoms with Crippen molar-refractivity contribution in [1.29, 1.82) is 0 Å². The largest absolute Gasteiger partial charge is 0.472 e. The summed E-state index contributed by atoms with van der Waals surface area (Å²) in [6, 6.07) is 4.35. The number of halogens is 4. The van der Waals surface area contributed by atoms with Crippen LogP contribution in [-0.2, 0) is 33.1 Å². The van der Waals surface area contributed by atoms with Gasteiger partial charge in [0.2, 0.25) is 16.1 Å². The van der Waals surface area contributed by atoms with Crippen molar-refractivity contribution in [2.45, 2.75) is 35.6 Å². The monoisotopic (exact) mass is 582 g/mol. The maximum absolute atomic E-state index is 13.2. The van der Waals surface area contributed by atoms with Crippen LogP contribution in [0.3, 0.4) is 0 Å². The van der Waals surface area contributed by atoms with E-state index in [4.69, 9.17) is 9.63 Å². The molecule has 2 heterocycles. The lowest BCUT2D eigenvalue weighted by molar-refractivity contribution is -0.214. The van der Waals surface area contributed by atoms with Crippen LogP contribution < -0.4 is 6.15 Å². The fraction of sp³-hybridized carbons (Fsp3) is 0.632. The van der Waals surface area contributed by atoms with Crippen LogP contribution in [0.2, 0.25) is 0 Å². The normalized spacial score (nSPS) is 21.1. The van der Waals surface area contributed by atoms with Crippen molar-refractivity contribution in [2.75, 3.05) is 46.5 Å². The van der Waals surface area contributed by atoms with Crippen molar-refractivity contribution in [3.8, 4) is 0 Å². The quantitative estimate of drug-likeness (QED) is 0.363. The number of phosphoric ester groups is 1. The van der Waals surface area contributed by atoms with E-state index in [0.717, 1.165) is 36.3 Å². The van der Waals surface area contributed by atoms with Gasteiger partial charge < -0.3 is 25.4 Å². The van der Waals surface area contributed by atoms with E-state index in [9.17, 15) is 35.3 Å². The van der Waals surface area contributed by atoms with Crippen LogP contribution in [0.25, 0.3) is 0 Å². The van der Waals surface area contributed by atoms with Gasteiger partial charge in [-0.05, 0) is 37.1 Å². The van der Waals surface area contributed by atoms with E-state index in [2.05, 4.69) is 13.8 Å².